The first-order chi connectivity index (χ1) is 13.0. The average molecular weight is 367 g/mol. The lowest BCUT2D eigenvalue weighted by Gasteiger charge is -2.37. The Morgan fingerprint density at radius 1 is 1.07 bits per heavy atom. The number of hydrogen-bond donors (Lipinski definition) is 1. The molecule has 5 heteroatoms. The third-order valence-corrected chi connectivity index (χ3v) is 5.14. The Morgan fingerprint density at radius 2 is 1.63 bits per heavy atom. The Balaban J connectivity index is 1.70. The van der Waals surface area contributed by atoms with Crippen molar-refractivity contribution in [2.75, 3.05) is 19.7 Å². The number of piperidine rings is 1. The molecule has 0 spiro atoms. The molecular formula is C22H25NO4. The van der Waals surface area contributed by atoms with E-state index in [4.69, 9.17) is 4.74 Å². The van der Waals surface area contributed by atoms with Crippen LogP contribution in [0.5, 0.6) is 0 Å². The molecule has 1 N–H and O–H groups in total. The SMILES string of the molecule is CC1(C(=O)O)CCCN(C(=O)COC(c2ccccc2)c2ccccc2)C1. The molecule has 0 saturated carbocycles. The van der Waals surface area contributed by atoms with Gasteiger partial charge in [-0.05, 0) is 30.9 Å². The predicted octanol–water partition coefficient (Wildman–Crippen LogP) is 3.51. The summed E-state index contributed by atoms with van der Waals surface area (Å²) in [6, 6.07) is 19.6. The molecule has 1 amide bonds. The summed E-state index contributed by atoms with van der Waals surface area (Å²) >= 11 is 0. The molecule has 142 valence electrons. The quantitative estimate of drug-likeness (QED) is 0.848. The summed E-state index contributed by atoms with van der Waals surface area (Å²) in [6.45, 7) is 2.43. The number of carboxylic acid groups (broad SMARTS) is 1. The van der Waals surface area contributed by atoms with Gasteiger partial charge in [0.15, 0.2) is 0 Å². The maximum atomic E-state index is 12.7. The minimum absolute atomic E-state index is 0.0792. The fourth-order valence-electron chi connectivity index (χ4n) is 3.51. The van der Waals surface area contributed by atoms with Gasteiger partial charge in [0, 0.05) is 13.1 Å². The van der Waals surface area contributed by atoms with E-state index in [1.807, 2.05) is 60.7 Å². The van der Waals surface area contributed by atoms with E-state index in [0.29, 0.717) is 19.4 Å². The fraction of sp³-hybridized carbons (Fsp3) is 0.364. The Labute approximate surface area is 159 Å². The monoisotopic (exact) mass is 367 g/mol. The lowest BCUT2D eigenvalue weighted by atomic mass is 9.82. The summed E-state index contributed by atoms with van der Waals surface area (Å²) in [6.07, 6.45) is 0.936. The first kappa shape index (κ1) is 19.1. The molecule has 1 aliphatic rings. The van der Waals surface area contributed by atoms with E-state index in [2.05, 4.69) is 0 Å². The number of carboxylic acids is 1. The number of rotatable bonds is 6. The predicted molar refractivity (Wildman–Crippen MR) is 102 cm³/mol. The number of likely N-dealkylation sites (tertiary alicyclic amines) is 1. The van der Waals surface area contributed by atoms with Gasteiger partial charge in [-0.2, -0.15) is 0 Å². The van der Waals surface area contributed by atoms with E-state index in [0.717, 1.165) is 11.1 Å². The third-order valence-electron chi connectivity index (χ3n) is 5.14. The zero-order chi connectivity index (χ0) is 19.3. The van der Waals surface area contributed by atoms with Gasteiger partial charge in [-0.1, -0.05) is 60.7 Å². The van der Waals surface area contributed by atoms with E-state index in [1.165, 1.54) is 0 Å². The summed E-state index contributed by atoms with van der Waals surface area (Å²) in [5.74, 6) is -1.02. The van der Waals surface area contributed by atoms with E-state index in [9.17, 15) is 14.7 Å². The molecular weight excluding hydrogens is 342 g/mol. The Morgan fingerprint density at radius 3 is 2.15 bits per heavy atom. The Hall–Kier alpha value is -2.66. The van der Waals surface area contributed by atoms with Gasteiger partial charge in [0.05, 0.1) is 5.41 Å². The highest BCUT2D eigenvalue weighted by Crippen LogP contribution is 2.30. The molecule has 1 atom stereocenters. The standard InChI is InChI=1S/C22H25NO4/c1-22(21(25)26)13-8-14-23(16-22)19(24)15-27-20(17-9-4-2-5-10-17)18-11-6-3-7-12-18/h2-7,9-12,20H,8,13-16H2,1H3,(H,25,26). The summed E-state index contributed by atoms with van der Waals surface area (Å²) in [5, 5.41) is 9.44. The third kappa shape index (κ3) is 4.55. The zero-order valence-corrected chi connectivity index (χ0v) is 15.5. The number of hydrogen-bond acceptors (Lipinski definition) is 3. The molecule has 1 saturated heterocycles. The first-order valence-corrected chi connectivity index (χ1v) is 9.22. The van der Waals surface area contributed by atoms with Crippen LogP contribution >= 0.6 is 0 Å². The van der Waals surface area contributed by atoms with Crippen molar-refractivity contribution in [1.82, 2.24) is 4.90 Å². The van der Waals surface area contributed by atoms with Crippen LogP contribution in [0.1, 0.15) is 37.0 Å². The molecule has 1 heterocycles. The molecule has 0 aliphatic carbocycles. The van der Waals surface area contributed by atoms with Crippen LogP contribution in [0.25, 0.3) is 0 Å². The highest BCUT2D eigenvalue weighted by molar-refractivity contribution is 5.80. The summed E-state index contributed by atoms with van der Waals surface area (Å²) in [5.41, 5.74) is 1.07. The van der Waals surface area contributed by atoms with Gasteiger partial charge < -0.3 is 14.7 Å². The van der Waals surface area contributed by atoms with Gasteiger partial charge >= 0.3 is 5.97 Å². The molecule has 0 aromatic heterocycles. The van der Waals surface area contributed by atoms with Gasteiger partial charge in [-0.15, -0.1) is 0 Å². The smallest absolute Gasteiger partial charge is 0.311 e. The second-order valence-electron chi connectivity index (χ2n) is 7.30. The van der Waals surface area contributed by atoms with Gasteiger partial charge in [0.2, 0.25) is 5.91 Å². The number of aliphatic carboxylic acids is 1. The molecule has 0 bridgehead atoms. The number of benzene rings is 2. The van der Waals surface area contributed by atoms with Crippen LogP contribution in [0.2, 0.25) is 0 Å². The molecule has 1 unspecified atom stereocenters. The molecule has 0 radical (unpaired) electrons. The number of carbonyl (C=O) groups excluding carboxylic acids is 1. The topological polar surface area (TPSA) is 66.8 Å². The zero-order valence-electron chi connectivity index (χ0n) is 15.5. The maximum absolute atomic E-state index is 12.7. The molecule has 5 nitrogen and oxygen atoms in total. The van der Waals surface area contributed by atoms with Crippen LogP contribution in [0.15, 0.2) is 60.7 Å². The number of carbonyl (C=O) groups is 2. The van der Waals surface area contributed by atoms with Crippen LogP contribution in [0.4, 0.5) is 0 Å². The minimum atomic E-state index is -0.883. The van der Waals surface area contributed by atoms with Crippen molar-refractivity contribution in [2.24, 2.45) is 5.41 Å². The van der Waals surface area contributed by atoms with Gasteiger partial charge in [-0.3, -0.25) is 9.59 Å². The van der Waals surface area contributed by atoms with E-state index >= 15 is 0 Å². The van der Waals surface area contributed by atoms with E-state index < -0.39 is 11.4 Å². The fourth-order valence-corrected chi connectivity index (χ4v) is 3.51. The average Bonchev–Trinajstić information content (AvgIpc) is 2.69. The van der Waals surface area contributed by atoms with Gasteiger partial charge in [-0.25, -0.2) is 0 Å². The van der Waals surface area contributed by atoms with Crippen LogP contribution in [-0.4, -0.2) is 41.6 Å². The number of nitrogens with zero attached hydrogens (tertiary/aromatic N) is 1. The molecule has 27 heavy (non-hydrogen) atoms. The Kier molecular flexibility index (Phi) is 5.91. The first-order valence-electron chi connectivity index (χ1n) is 9.22. The van der Waals surface area contributed by atoms with Gasteiger partial charge in [0.1, 0.15) is 12.7 Å². The highest BCUT2D eigenvalue weighted by Gasteiger charge is 2.39. The van der Waals surface area contributed by atoms with Crippen molar-refractivity contribution in [3.63, 3.8) is 0 Å². The largest absolute Gasteiger partial charge is 0.481 e. The Bertz CT molecular complexity index is 738. The summed E-state index contributed by atoms with van der Waals surface area (Å²) in [4.78, 5) is 25.8. The van der Waals surface area contributed by atoms with Crippen LogP contribution < -0.4 is 0 Å². The highest BCUT2D eigenvalue weighted by atomic mass is 16.5. The summed E-state index contributed by atoms with van der Waals surface area (Å²) in [7, 11) is 0. The normalized spacial score (nSPS) is 19.9. The maximum Gasteiger partial charge on any atom is 0.311 e. The van der Waals surface area contributed by atoms with Crippen molar-refractivity contribution in [1.29, 1.82) is 0 Å². The van der Waals surface area contributed by atoms with Crippen molar-refractivity contribution in [3.05, 3.63) is 71.8 Å². The second kappa shape index (κ2) is 8.35. The minimum Gasteiger partial charge on any atom is -0.481 e. The molecule has 2 aromatic carbocycles. The van der Waals surface area contributed by atoms with Crippen molar-refractivity contribution in [2.45, 2.75) is 25.9 Å². The van der Waals surface area contributed by atoms with Crippen LogP contribution in [0.3, 0.4) is 0 Å². The van der Waals surface area contributed by atoms with Crippen molar-refractivity contribution in [3.8, 4) is 0 Å². The second-order valence-corrected chi connectivity index (χ2v) is 7.30. The van der Waals surface area contributed by atoms with Crippen molar-refractivity contribution < 1.29 is 19.4 Å². The molecule has 2 aromatic rings. The van der Waals surface area contributed by atoms with E-state index in [1.54, 1.807) is 11.8 Å². The van der Waals surface area contributed by atoms with E-state index in [-0.39, 0.29) is 25.2 Å². The van der Waals surface area contributed by atoms with Crippen molar-refractivity contribution >= 4 is 11.9 Å². The van der Waals surface area contributed by atoms with Crippen LogP contribution in [-0.2, 0) is 14.3 Å². The number of ether oxygens (including phenoxy) is 1. The summed E-state index contributed by atoms with van der Waals surface area (Å²) < 4.78 is 6.02. The molecule has 3 rings (SSSR count). The van der Waals surface area contributed by atoms with Crippen LogP contribution in [0, 0.1) is 5.41 Å². The lowest BCUT2D eigenvalue weighted by molar-refractivity contribution is -0.154. The molecule has 1 fully saturated rings. The van der Waals surface area contributed by atoms with Gasteiger partial charge in [0.25, 0.3) is 0 Å². The number of amides is 1. The lowest BCUT2D eigenvalue weighted by Crippen LogP contribution is -2.49. The molecule has 1 aliphatic heterocycles.